The molecule has 1 aliphatic carbocycles. The number of nitrogens with one attached hydrogen (secondary N) is 1. The molecule has 1 amide bonds. The molecule has 4 nitrogen and oxygen atoms in total. The first-order valence-corrected chi connectivity index (χ1v) is 7.85. The van der Waals surface area contributed by atoms with Crippen LogP contribution in [0.3, 0.4) is 0 Å². The van der Waals surface area contributed by atoms with Crippen molar-refractivity contribution in [2.24, 2.45) is 11.7 Å². The van der Waals surface area contributed by atoms with Crippen LogP contribution >= 0.6 is 11.6 Å². The Kier molecular flexibility index (Phi) is 4.33. The Morgan fingerprint density at radius 1 is 1.43 bits per heavy atom. The van der Waals surface area contributed by atoms with E-state index in [0.717, 1.165) is 24.6 Å². The third kappa shape index (κ3) is 3.51. The molecule has 2 aromatic rings. The van der Waals surface area contributed by atoms with Gasteiger partial charge in [0.25, 0.3) is 0 Å². The third-order valence-electron chi connectivity index (χ3n) is 3.86. The van der Waals surface area contributed by atoms with E-state index >= 15 is 0 Å². The van der Waals surface area contributed by atoms with Crippen LogP contribution in [0, 0.1) is 11.7 Å². The van der Waals surface area contributed by atoms with Crippen LogP contribution in [-0.4, -0.2) is 10.9 Å². The van der Waals surface area contributed by atoms with Gasteiger partial charge in [-0.25, -0.2) is 9.37 Å². The summed E-state index contributed by atoms with van der Waals surface area (Å²) < 4.78 is 14.1. The zero-order valence-corrected chi connectivity index (χ0v) is 13.4. The molecule has 0 unspecified atom stereocenters. The predicted octanol–water partition coefficient (Wildman–Crippen LogP) is 3.91. The normalized spacial score (nSPS) is 15.3. The van der Waals surface area contributed by atoms with Gasteiger partial charge in [0.1, 0.15) is 11.6 Å². The fourth-order valence-corrected chi connectivity index (χ4v) is 2.72. The number of halogens is 2. The van der Waals surface area contributed by atoms with E-state index in [2.05, 4.69) is 10.3 Å². The Labute approximate surface area is 138 Å². The Bertz CT molecular complexity index is 759. The minimum atomic E-state index is -0.473. The van der Waals surface area contributed by atoms with E-state index in [4.69, 9.17) is 17.3 Å². The highest BCUT2D eigenvalue weighted by Gasteiger charge is 2.29. The Hall–Kier alpha value is -1.98. The largest absolute Gasteiger partial charge is 0.324 e. The summed E-state index contributed by atoms with van der Waals surface area (Å²) in [6.45, 7) is 1.83. The van der Waals surface area contributed by atoms with Crippen LogP contribution in [0.25, 0.3) is 11.1 Å². The molecule has 6 heteroatoms. The molecule has 23 heavy (non-hydrogen) atoms. The Morgan fingerprint density at radius 2 is 2.17 bits per heavy atom. The zero-order valence-electron chi connectivity index (χ0n) is 12.6. The molecule has 0 aliphatic heterocycles. The second-order valence-corrected chi connectivity index (χ2v) is 6.25. The molecule has 120 valence electrons. The average molecular weight is 334 g/mol. The van der Waals surface area contributed by atoms with E-state index in [0.29, 0.717) is 22.0 Å². The van der Waals surface area contributed by atoms with Crippen molar-refractivity contribution in [1.82, 2.24) is 4.98 Å². The molecule has 0 spiro atoms. The number of carbonyl (C=O) groups excluding carboxylic acids is 1. The molecule has 1 aliphatic rings. The molecular formula is C17H17ClFN3O. The van der Waals surface area contributed by atoms with E-state index < -0.39 is 5.82 Å². The second-order valence-electron chi connectivity index (χ2n) is 5.84. The van der Waals surface area contributed by atoms with Crippen molar-refractivity contribution in [2.75, 3.05) is 5.32 Å². The molecule has 0 saturated heterocycles. The summed E-state index contributed by atoms with van der Waals surface area (Å²) >= 11 is 6.21. The molecule has 1 saturated carbocycles. The summed E-state index contributed by atoms with van der Waals surface area (Å²) in [5.41, 5.74) is 7.58. The molecule has 3 N–H and O–H groups in total. The third-order valence-corrected chi connectivity index (χ3v) is 4.18. The first kappa shape index (κ1) is 15.9. The number of nitrogens with zero attached hydrogens (tertiary/aromatic N) is 1. The monoisotopic (exact) mass is 333 g/mol. The van der Waals surface area contributed by atoms with Crippen LogP contribution in [0.1, 0.15) is 31.4 Å². The van der Waals surface area contributed by atoms with Gasteiger partial charge in [0.05, 0.1) is 6.20 Å². The van der Waals surface area contributed by atoms with E-state index in [9.17, 15) is 9.18 Å². The highest BCUT2D eigenvalue weighted by Crippen LogP contribution is 2.32. The van der Waals surface area contributed by atoms with Crippen molar-refractivity contribution in [1.29, 1.82) is 0 Å². The van der Waals surface area contributed by atoms with Gasteiger partial charge in [0.2, 0.25) is 5.91 Å². The van der Waals surface area contributed by atoms with E-state index in [1.54, 1.807) is 18.2 Å². The number of anilines is 1. The Balaban J connectivity index is 1.92. The highest BCUT2D eigenvalue weighted by atomic mass is 35.5. The minimum Gasteiger partial charge on any atom is -0.324 e. The fourth-order valence-electron chi connectivity index (χ4n) is 2.37. The van der Waals surface area contributed by atoms with Crippen LogP contribution in [0.15, 0.2) is 30.5 Å². The summed E-state index contributed by atoms with van der Waals surface area (Å²) in [5, 5.41) is 3.20. The molecular weight excluding hydrogens is 317 g/mol. The van der Waals surface area contributed by atoms with Gasteiger partial charge in [-0.1, -0.05) is 23.7 Å². The van der Waals surface area contributed by atoms with Crippen molar-refractivity contribution >= 4 is 23.3 Å². The molecule has 0 radical (unpaired) electrons. The van der Waals surface area contributed by atoms with Crippen LogP contribution in [0.5, 0.6) is 0 Å². The molecule has 3 rings (SSSR count). The topological polar surface area (TPSA) is 68.0 Å². The van der Waals surface area contributed by atoms with Gasteiger partial charge in [-0.3, -0.25) is 4.79 Å². The SMILES string of the molecule is C[C@@H](N)c1ccc(-c2cc(NC(=O)C3CC3)ncc2F)cc1Cl. The van der Waals surface area contributed by atoms with E-state index in [1.165, 1.54) is 6.07 Å². The first-order chi connectivity index (χ1) is 11.0. The number of hydrogen-bond acceptors (Lipinski definition) is 3. The quantitative estimate of drug-likeness (QED) is 0.891. The standard InChI is InChI=1S/C17H17ClFN3O/c1-9(20)12-5-4-11(6-14(12)18)13-7-16(21-8-15(13)19)22-17(23)10-2-3-10/h4-10H,2-3,20H2,1H3,(H,21,22,23)/t9-/m1/s1. The van der Waals surface area contributed by atoms with Gasteiger partial charge in [-0.15, -0.1) is 0 Å². The van der Waals surface area contributed by atoms with Gasteiger partial charge in [-0.05, 0) is 43.0 Å². The minimum absolute atomic E-state index is 0.0603. The van der Waals surface area contributed by atoms with Gasteiger partial charge in [0, 0.05) is 22.5 Å². The Morgan fingerprint density at radius 3 is 2.78 bits per heavy atom. The number of pyridine rings is 1. The maximum Gasteiger partial charge on any atom is 0.228 e. The van der Waals surface area contributed by atoms with Crippen LogP contribution < -0.4 is 11.1 Å². The van der Waals surface area contributed by atoms with Crippen molar-refractivity contribution < 1.29 is 9.18 Å². The number of nitrogens with two attached hydrogens (primary N) is 1. The number of benzene rings is 1. The van der Waals surface area contributed by atoms with E-state index in [1.807, 2.05) is 6.92 Å². The summed E-state index contributed by atoms with van der Waals surface area (Å²) in [6.07, 6.45) is 2.90. The second kappa shape index (κ2) is 6.26. The van der Waals surface area contributed by atoms with Crippen LogP contribution in [0.4, 0.5) is 10.2 Å². The molecule has 1 heterocycles. The lowest BCUT2D eigenvalue weighted by Gasteiger charge is -2.12. The summed E-state index contributed by atoms with van der Waals surface area (Å²) in [5.74, 6) is -0.143. The number of aromatic nitrogens is 1. The predicted molar refractivity (Wildman–Crippen MR) is 88.6 cm³/mol. The van der Waals surface area contributed by atoms with E-state index in [-0.39, 0.29) is 17.9 Å². The molecule has 1 aromatic carbocycles. The van der Waals surface area contributed by atoms with Crippen molar-refractivity contribution in [2.45, 2.75) is 25.8 Å². The summed E-state index contributed by atoms with van der Waals surface area (Å²) in [6, 6.07) is 6.53. The lowest BCUT2D eigenvalue weighted by atomic mass is 10.0. The van der Waals surface area contributed by atoms with Gasteiger partial charge >= 0.3 is 0 Å². The smallest absolute Gasteiger partial charge is 0.228 e. The zero-order chi connectivity index (χ0) is 16.6. The molecule has 1 atom stereocenters. The molecule has 1 fully saturated rings. The lowest BCUT2D eigenvalue weighted by Crippen LogP contribution is -2.14. The van der Waals surface area contributed by atoms with Crippen molar-refractivity contribution in [3.63, 3.8) is 0 Å². The average Bonchev–Trinajstić information content (AvgIpc) is 3.33. The number of amides is 1. The van der Waals surface area contributed by atoms with Gasteiger partial charge < -0.3 is 11.1 Å². The number of hydrogen-bond donors (Lipinski definition) is 2. The van der Waals surface area contributed by atoms with Gasteiger partial charge in [0.15, 0.2) is 0 Å². The lowest BCUT2D eigenvalue weighted by molar-refractivity contribution is -0.117. The van der Waals surface area contributed by atoms with Crippen LogP contribution in [-0.2, 0) is 4.79 Å². The molecule has 0 bridgehead atoms. The van der Waals surface area contributed by atoms with Crippen LogP contribution in [0.2, 0.25) is 5.02 Å². The molecule has 1 aromatic heterocycles. The fraction of sp³-hybridized carbons (Fsp3) is 0.294. The number of carbonyl (C=O) groups is 1. The summed E-state index contributed by atoms with van der Waals surface area (Å²) in [4.78, 5) is 15.7. The number of rotatable bonds is 4. The maximum atomic E-state index is 14.1. The summed E-state index contributed by atoms with van der Waals surface area (Å²) in [7, 11) is 0. The highest BCUT2D eigenvalue weighted by molar-refractivity contribution is 6.31. The maximum absolute atomic E-state index is 14.1. The van der Waals surface area contributed by atoms with Crippen molar-refractivity contribution in [3.8, 4) is 11.1 Å². The van der Waals surface area contributed by atoms with Gasteiger partial charge in [-0.2, -0.15) is 0 Å². The first-order valence-electron chi connectivity index (χ1n) is 7.47. The van der Waals surface area contributed by atoms with Crippen molar-refractivity contribution in [3.05, 3.63) is 46.9 Å².